The second kappa shape index (κ2) is 8.17. The van der Waals surface area contributed by atoms with E-state index in [1.54, 1.807) is 11.1 Å². The van der Waals surface area contributed by atoms with Crippen molar-refractivity contribution < 1.29 is 9.53 Å². The molecule has 0 N–H and O–H groups in total. The van der Waals surface area contributed by atoms with E-state index in [1.165, 1.54) is 6.08 Å². The Hall–Kier alpha value is -2.56. The molecule has 1 aromatic carbocycles. The monoisotopic (exact) mass is 313 g/mol. The molecule has 2 rings (SSSR count). The maximum absolute atomic E-state index is 12.1. The van der Waals surface area contributed by atoms with E-state index >= 15 is 0 Å². The van der Waals surface area contributed by atoms with Crippen LogP contribution in [0.1, 0.15) is 19.4 Å². The molecule has 1 heterocycles. The van der Waals surface area contributed by atoms with Crippen molar-refractivity contribution in [1.29, 1.82) is 0 Å². The number of nitrogens with zero attached hydrogens (tertiary/aromatic N) is 3. The van der Waals surface area contributed by atoms with Gasteiger partial charge in [0.05, 0.1) is 12.6 Å². The van der Waals surface area contributed by atoms with Crippen LogP contribution < -0.4 is 4.74 Å². The summed E-state index contributed by atoms with van der Waals surface area (Å²) in [4.78, 5) is 13.8. The van der Waals surface area contributed by atoms with Crippen molar-refractivity contribution in [2.75, 3.05) is 6.54 Å². The minimum Gasteiger partial charge on any atom is -0.491 e. The second-order valence-corrected chi connectivity index (χ2v) is 5.55. The molecular formula is C18H23N3O2. The summed E-state index contributed by atoms with van der Waals surface area (Å²) in [6, 6.07) is 9.69. The molecule has 0 saturated heterocycles. The molecule has 5 heteroatoms. The standard InChI is InChI=1S/C18H23N3O2/c1-4-18(22)20(11-12-21-10-6-9-19-21)14-16-7-5-8-17(13-16)23-15(2)3/h4-10,13,15H,1,11-12,14H2,2-3H3. The summed E-state index contributed by atoms with van der Waals surface area (Å²) in [7, 11) is 0. The molecule has 1 aromatic heterocycles. The smallest absolute Gasteiger partial charge is 0.246 e. The molecule has 0 aliphatic carbocycles. The topological polar surface area (TPSA) is 47.4 Å². The van der Waals surface area contributed by atoms with Crippen LogP contribution in [-0.2, 0) is 17.9 Å². The SMILES string of the molecule is C=CC(=O)N(CCn1cccn1)Cc1cccc(OC(C)C)c1. The fraction of sp³-hybridized carbons (Fsp3) is 0.333. The van der Waals surface area contributed by atoms with Gasteiger partial charge in [-0.1, -0.05) is 18.7 Å². The van der Waals surface area contributed by atoms with Crippen LogP contribution in [0.25, 0.3) is 0 Å². The number of ether oxygens (including phenoxy) is 1. The van der Waals surface area contributed by atoms with Crippen molar-refractivity contribution in [1.82, 2.24) is 14.7 Å². The van der Waals surface area contributed by atoms with Crippen LogP contribution in [0.4, 0.5) is 0 Å². The lowest BCUT2D eigenvalue weighted by Gasteiger charge is -2.22. The first kappa shape index (κ1) is 16.8. The third-order valence-electron chi connectivity index (χ3n) is 3.29. The predicted molar refractivity (Wildman–Crippen MR) is 90.0 cm³/mol. The first-order valence-corrected chi connectivity index (χ1v) is 7.73. The van der Waals surface area contributed by atoms with Crippen LogP contribution in [-0.4, -0.2) is 33.2 Å². The van der Waals surface area contributed by atoms with Crippen LogP contribution >= 0.6 is 0 Å². The summed E-state index contributed by atoms with van der Waals surface area (Å²) in [6.07, 6.45) is 5.08. The average molecular weight is 313 g/mol. The van der Waals surface area contributed by atoms with Crippen molar-refractivity contribution in [2.45, 2.75) is 33.0 Å². The van der Waals surface area contributed by atoms with Gasteiger partial charge in [-0.15, -0.1) is 0 Å². The number of hydrogen-bond acceptors (Lipinski definition) is 3. The van der Waals surface area contributed by atoms with E-state index in [4.69, 9.17) is 4.74 Å². The maximum Gasteiger partial charge on any atom is 0.246 e. The van der Waals surface area contributed by atoms with Crippen LogP contribution in [0.15, 0.2) is 55.4 Å². The Bertz CT molecular complexity index is 635. The number of rotatable bonds is 8. The number of carbonyl (C=O) groups excluding carboxylic acids is 1. The Morgan fingerprint density at radius 1 is 1.43 bits per heavy atom. The van der Waals surface area contributed by atoms with Gasteiger partial charge >= 0.3 is 0 Å². The summed E-state index contributed by atoms with van der Waals surface area (Å²) in [5, 5.41) is 4.16. The van der Waals surface area contributed by atoms with E-state index in [0.29, 0.717) is 19.6 Å². The minimum atomic E-state index is -0.0904. The van der Waals surface area contributed by atoms with E-state index < -0.39 is 0 Å². The molecule has 5 nitrogen and oxygen atoms in total. The normalized spacial score (nSPS) is 10.6. The summed E-state index contributed by atoms with van der Waals surface area (Å²) in [6.45, 7) is 9.30. The van der Waals surface area contributed by atoms with E-state index in [9.17, 15) is 4.79 Å². The molecule has 0 bridgehead atoms. The number of amides is 1. The highest BCUT2D eigenvalue weighted by Gasteiger charge is 2.12. The van der Waals surface area contributed by atoms with E-state index in [2.05, 4.69) is 11.7 Å². The van der Waals surface area contributed by atoms with Crippen molar-refractivity contribution in [2.24, 2.45) is 0 Å². The van der Waals surface area contributed by atoms with Crippen LogP contribution in [0.2, 0.25) is 0 Å². The van der Waals surface area contributed by atoms with Crippen LogP contribution in [0.5, 0.6) is 5.75 Å². The van der Waals surface area contributed by atoms with Crippen molar-refractivity contribution in [3.8, 4) is 5.75 Å². The van der Waals surface area contributed by atoms with Gasteiger partial charge in [0.25, 0.3) is 0 Å². The Balaban J connectivity index is 2.04. The molecule has 0 unspecified atom stereocenters. The molecule has 122 valence electrons. The van der Waals surface area contributed by atoms with E-state index in [-0.39, 0.29) is 12.0 Å². The zero-order chi connectivity index (χ0) is 16.7. The van der Waals surface area contributed by atoms with Gasteiger partial charge in [0.2, 0.25) is 5.91 Å². The molecule has 2 aromatic rings. The molecule has 0 radical (unpaired) electrons. The number of benzene rings is 1. The summed E-state index contributed by atoms with van der Waals surface area (Å²) < 4.78 is 7.51. The Labute approximate surface area is 137 Å². The van der Waals surface area contributed by atoms with Crippen molar-refractivity contribution in [3.05, 3.63) is 60.9 Å². The molecule has 0 spiro atoms. The molecular weight excluding hydrogens is 290 g/mol. The number of carbonyl (C=O) groups is 1. The number of hydrogen-bond donors (Lipinski definition) is 0. The van der Waals surface area contributed by atoms with Crippen molar-refractivity contribution in [3.63, 3.8) is 0 Å². The first-order chi connectivity index (χ1) is 11.1. The van der Waals surface area contributed by atoms with Gasteiger partial charge in [0.1, 0.15) is 5.75 Å². The first-order valence-electron chi connectivity index (χ1n) is 7.73. The number of aromatic nitrogens is 2. The van der Waals surface area contributed by atoms with Crippen LogP contribution in [0.3, 0.4) is 0 Å². The van der Waals surface area contributed by atoms with Gasteiger partial charge in [0.15, 0.2) is 0 Å². The van der Waals surface area contributed by atoms with Gasteiger partial charge in [0, 0.05) is 25.5 Å². The zero-order valence-corrected chi connectivity index (χ0v) is 13.7. The van der Waals surface area contributed by atoms with E-state index in [1.807, 2.05) is 55.1 Å². The Morgan fingerprint density at radius 2 is 2.26 bits per heavy atom. The Kier molecular flexibility index (Phi) is 5.97. The fourth-order valence-corrected chi connectivity index (χ4v) is 2.26. The molecule has 0 fully saturated rings. The highest BCUT2D eigenvalue weighted by Crippen LogP contribution is 2.16. The lowest BCUT2D eigenvalue weighted by molar-refractivity contribution is -0.126. The Morgan fingerprint density at radius 3 is 2.91 bits per heavy atom. The maximum atomic E-state index is 12.1. The highest BCUT2D eigenvalue weighted by atomic mass is 16.5. The molecule has 1 amide bonds. The molecule has 0 aliphatic heterocycles. The average Bonchev–Trinajstić information content (AvgIpc) is 3.03. The minimum absolute atomic E-state index is 0.0904. The molecule has 23 heavy (non-hydrogen) atoms. The van der Waals surface area contributed by atoms with Gasteiger partial charge in [-0.25, -0.2) is 0 Å². The lowest BCUT2D eigenvalue weighted by Crippen LogP contribution is -2.32. The van der Waals surface area contributed by atoms with Gasteiger partial charge < -0.3 is 9.64 Å². The molecule has 0 saturated carbocycles. The van der Waals surface area contributed by atoms with Crippen LogP contribution in [0, 0.1) is 0 Å². The summed E-state index contributed by atoms with van der Waals surface area (Å²) in [5.41, 5.74) is 1.03. The third-order valence-corrected chi connectivity index (χ3v) is 3.29. The summed E-state index contributed by atoms with van der Waals surface area (Å²) >= 11 is 0. The second-order valence-electron chi connectivity index (χ2n) is 5.55. The van der Waals surface area contributed by atoms with Gasteiger partial charge in [-0.2, -0.15) is 5.10 Å². The quantitative estimate of drug-likeness (QED) is 0.704. The van der Waals surface area contributed by atoms with Gasteiger partial charge in [-0.05, 0) is 43.7 Å². The van der Waals surface area contributed by atoms with Crippen molar-refractivity contribution >= 4 is 5.91 Å². The highest BCUT2D eigenvalue weighted by molar-refractivity contribution is 5.86. The molecule has 0 aliphatic rings. The van der Waals surface area contributed by atoms with E-state index in [0.717, 1.165) is 11.3 Å². The fourth-order valence-electron chi connectivity index (χ4n) is 2.26. The zero-order valence-electron chi connectivity index (χ0n) is 13.7. The summed E-state index contributed by atoms with van der Waals surface area (Å²) in [5.74, 6) is 0.725. The lowest BCUT2D eigenvalue weighted by atomic mass is 10.2. The molecule has 0 atom stereocenters. The van der Waals surface area contributed by atoms with Gasteiger partial charge in [-0.3, -0.25) is 9.48 Å². The predicted octanol–water partition coefficient (Wildman–Crippen LogP) is 2.89. The largest absolute Gasteiger partial charge is 0.491 e. The third kappa shape index (κ3) is 5.29.